The number of hydrogen-bond donors (Lipinski definition) is 0. The highest BCUT2D eigenvalue weighted by molar-refractivity contribution is 6.00. The molecule has 0 bridgehead atoms. The van der Waals surface area contributed by atoms with Crippen LogP contribution in [0.25, 0.3) is 22.2 Å². The van der Waals surface area contributed by atoms with Gasteiger partial charge in [0.1, 0.15) is 12.3 Å². The van der Waals surface area contributed by atoms with Gasteiger partial charge in [0.25, 0.3) is 0 Å². The number of carbonyl (C=O) groups is 2. The van der Waals surface area contributed by atoms with E-state index in [0.717, 1.165) is 52.9 Å². The Morgan fingerprint density at radius 1 is 1.03 bits per heavy atom. The second-order valence-electron chi connectivity index (χ2n) is 10.5. The first-order chi connectivity index (χ1) is 17.9. The molecule has 2 heterocycles. The van der Waals surface area contributed by atoms with Gasteiger partial charge < -0.3 is 23.8 Å². The van der Waals surface area contributed by atoms with E-state index in [4.69, 9.17) is 9.47 Å². The standard InChI is InChI=1S/C30H37N3O4/c1-31(2)14-15-32-18-22-16-23(36-3)11-13-24(22)29-28(20-8-6-5-7-9-20)25-12-10-21(30(35)37-4)17-26(25)33(29)19-27(32)34/h10-13,16-17,20H,5-9,14-15,18-19H2,1-4H3. The van der Waals surface area contributed by atoms with Crippen LogP contribution in [0.15, 0.2) is 36.4 Å². The van der Waals surface area contributed by atoms with Crippen LogP contribution in [-0.4, -0.2) is 67.6 Å². The lowest BCUT2D eigenvalue weighted by Gasteiger charge is -2.30. The SMILES string of the molecule is COC(=O)c1ccc2c(C3CCCCC3)c3n(c2c1)CC(=O)N(CCN(C)C)Cc1cc(OC)ccc1-3. The van der Waals surface area contributed by atoms with Gasteiger partial charge in [-0.25, -0.2) is 4.79 Å². The fourth-order valence-electron chi connectivity index (χ4n) is 5.99. The van der Waals surface area contributed by atoms with E-state index in [0.29, 0.717) is 24.6 Å². The minimum atomic E-state index is -0.369. The summed E-state index contributed by atoms with van der Waals surface area (Å²) in [5, 5.41) is 1.13. The Balaban J connectivity index is 1.77. The molecule has 1 aliphatic heterocycles. The summed E-state index contributed by atoms with van der Waals surface area (Å²) in [6.07, 6.45) is 5.97. The van der Waals surface area contributed by atoms with Gasteiger partial charge in [-0.05, 0) is 74.3 Å². The molecule has 0 unspecified atom stereocenters. The Bertz CT molecular complexity index is 1320. The van der Waals surface area contributed by atoms with E-state index in [-0.39, 0.29) is 18.4 Å². The van der Waals surface area contributed by atoms with Crippen LogP contribution < -0.4 is 4.74 Å². The molecule has 0 N–H and O–H groups in total. The van der Waals surface area contributed by atoms with Gasteiger partial charge in [0.05, 0.1) is 31.0 Å². The molecule has 1 aromatic heterocycles. The summed E-state index contributed by atoms with van der Waals surface area (Å²) in [4.78, 5) is 30.3. The zero-order valence-electron chi connectivity index (χ0n) is 22.4. The summed E-state index contributed by atoms with van der Waals surface area (Å²) in [6.45, 7) is 2.20. The van der Waals surface area contributed by atoms with Crippen molar-refractivity contribution in [3.63, 3.8) is 0 Å². The van der Waals surface area contributed by atoms with Crippen LogP contribution in [0.3, 0.4) is 0 Å². The largest absolute Gasteiger partial charge is 0.497 e. The molecule has 1 fully saturated rings. The molecular formula is C30H37N3O4. The highest BCUT2D eigenvalue weighted by Crippen LogP contribution is 2.46. The molecule has 2 aliphatic rings. The predicted octanol–water partition coefficient (Wildman–Crippen LogP) is 5.06. The third kappa shape index (κ3) is 4.85. The normalized spacial score (nSPS) is 16.4. The molecular weight excluding hydrogens is 466 g/mol. The first kappa shape index (κ1) is 25.3. The molecule has 7 nitrogen and oxygen atoms in total. The molecule has 5 rings (SSSR count). The fraction of sp³-hybridized carbons (Fsp3) is 0.467. The van der Waals surface area contributed by atoms with E-state index in [9.17, 15) is 9.59 Å². The Morgan fingerprint density at radius 3 is 2.51 bits per heavy atom. The number of amides is 1. The van der Waals surface area contributed by atoms with E-state index in [1.807, 2.05) is 37.2 Å². The first-order valence-corrected chi connectivity index (χ1v) is 13.3. The van der Waals surface area contributed by atoms with Crippen molar-refractivity contribution in [2.75, 3.05) is 41.4 Å². The third-order valence-electron chi connectivity index (χ3n) is 7.93. The first-order valence-electron chi connectivity index (χ1n) is 13.3. The summed E-state index contributed by atoms with van der Waals surface area (Å²) in [5.41, 5.74) is 6.07. The topological polar surface area (TPSA) is 64.0 Å². The molecule has 0 spiro atoms. The molecule has 0 saturated heterocycles. The highest BCUT2D eigenvalue weighted by Gasteiger charge is 2.31. The second kappa shape index (κ2) is 10.6. The molecule has 0 radical (unpaired) electrons. The van der Waals surface area contributed by atoms with Gasteiger partial charge in [-0.3, -0.25) is 4.79 Å². The zero-order chi connectivity index (χ0) is 26.1. The van der Waals surface area contributed by atoms with Crippen molar-refractivity contribution in [3.8, 4) is 17.0 Å². The smallest absolute Gasteiger partial charge is 0.337 e. The lowest BCUT2D eigenvalue weighted by Crippen LogP contribution is -2.39. The Kier molecular flexibility index (Phi) is 7.24. The number of ether oxygens (including phenoxy) is 2. The number of rotatable bonds is 6. The maximum Gasteiger partial charge on any atom is 0.337 e. The van der Waals surface area contributed by atoms with Gasteiger partial charge in [-0.2, -0.15) is 0 Å². The third-order valence-corrected chi connectivity index (χ3v) is 7.93. The summed E-state index contributed by atoms with van der Waals surface area (Å²) in [6, 6.07) is 12.0. The number of hydrogen-bond acceptors (Lipinski definition) is 5. The van der Waals surface area contributed by atoms with Gasteiger partial charge in [0, 0.05) is 30.6 Å². The number of carbonyl (C=O) groups excluding carboxylic acids is 2. The van der Waals surface area contributed by atoms with Crippen LogP contribution in [0, 0.1) is 0 Å². The Labute approximate surface area is 218 Å². The maximum atomic E-state index is 13.8. The van der Waals surface area contributed by atoms with Crippen molar-refractivity contribution in [2.45, 2.75) is 51.1 Å². The minimum absolute atomic E-state index is 0.0761. The second-order valence-corrected chi connectivity index (χ2v) is 10.5. The summed E-state index contributed by atoms with van der Waals surface area (Å²) < 4.78 is 12.8. The van der Waals surface area contributed by atoms with E-state index in [1.165, 1.54) is 31.9 Å². The van der Waals surface area contributed by atoms with Crippen LogP contribution in [0.4, 0.5) is 0 Å². The van der Waals surface area contributed by atoms with Gasteiger partial charge in [-0.15, -0.1) is 0 Å². The molecule has 37 heavy (non-hydrogen) atoms. The lowest BCUT2D eigenvalue weighted by atomic mass is 9.81. The van der Waals surface area contributed by atoms with Gasteiger partial charge >= 0.3 is 5.97 Å². The van der Waals surface area contributed by atoms with Crippen LogP contribution in [0.2, 0.25) is 0 Å². The number of methoxy groups -OCH3 is 2. The van der Waals surface area contributed by atoms with Crippen molar-refractivity contribution in [1.82, 2.24) is 14.4 Å². The summed E-state index contributed by atoms with van der Waals surface area (Å²) >= 11 is 0. The van der Waals surface area contributed by atoms with Crippen LogP contribution in [0.5, 0.6) is 5.75 Å². The lowest BCUT2D eigenvalue weighted by molar-refractivity contribution is -0.132. The minimum Gasteiger partial charge on any atom is -0.497 e. The molecule has 1 aliphatic carbocycles. The van der Waals surface area contributed by atoms with E-state index in [2.05, 4.69) is 27.7 Å². The van der Waals surface area contributed by atoms with Gasteiger partial charge in [-0.1, -0.05) is 25.3 Å². The molecule has 7 heteroatoms. The van der Waals surface area contributed by atoms with E-state index >= 15 is 0 Å². The summed E-state index contributed by atoms with van der Waals surface area (Å²) in [5.74, 6) is 0.915. The van der Waals surface area contributed by atoms with Crippen molar-refractivity contribution >= 4 is 22.8 Å². The van der Waals surface area contributed by atoms with Crippen molar-refractivity contribution in [2.24, 2.45) is 0 Å². The number of likely N-dealkylation sites (N-methyl/N-ethyl adjacent to an activating group) is 1. The maximum absolute atomic E-state index is 13.8. The average Bonchev–Trinajstić information content (AvgIpc) is 3.22. The van der Waals surface area contributed by atoms with Crippen molar-refractivity contribution in [1.29, 1.82) is 0 Å². The number of esters is 1. The molecule has 2 aromatic carbocycles. The van der Waals surface area contributed by atoms with Crippen molar-refractivity contribution in [3.05, 3.63) is 53.1 Å². The Morgan fingerprint density at radius 2 is 1.81 bits per heavy atom. The average molecular weight is 504 g/mol. The van der Waals surface area contributed by atoms with Crippen molar-refractivity contribution < 1.29 is 19.1 Å². The fourth-order valence-corrected chi connectivity index (χ4v) is 5.99. The number of aromatic nitrogens is 1. The van der Waals surface area contributed by atoms with E-state index < -0.39 is 0 Å². The molecule has 196 valence electrons. The predicted molar refractivity (Wildman–Crippen MR) is 145 cm³/mol. The molecule has 3 aromatic rings. The molecule has 0 atom stereocenters. The van der Waals surface area contributed by atoms with E-state index in [1.54, 1.807) is 7.11 Å². The number of fused-ring (bicyclic) bond motifs is 5. The quantitative estimate of drug-likeness (QED) is 0.440. The van der Waals surface area contributed by atoms with Crippen LogP contribution in [0.1, 0.15) is 59.5 Å². The summed E-state index contributed by atoms with van der Waals surface area (Å²) in [7, 11) is 7.12. The Hall–Kier alpha value is -3.32. The van der Waals surface area contributed by atoms with Crippen LogP contribution >= 0.6 is 0 Å². The molecule has 1 saturated carbocycles. The number of benzene rings is 2. The highest BCUT2D eigenvalue weighted by atomic mass is 16.5. The number of nitrogens with zero attached hydrogens (tertiary/aromatic N) is 3. The van der Waals surface area contributed by atoms with Crippen LogP contribution in [-0.2, 0) is 22.6 Å². The van der Waals surface area contributed by atoms with Gasteiger partial charge in [0.2, 0.25) is 5.91 Å². The zero-order valence-corrected chi connectivity index (χ0v) is 22.4. The molecule has 1 amide bonds. The van der Waals surface area contributed by atoms with Gasteiger partial charge in [0.15, 0.2) is 0 Å². The monoisotopic (exact) mass is 503 g/mol.